The van der Waals surface area contributed by atoms with Gasteiger partial charge in [0.15, 0.2) is 0 Å². The summed E-state index contributed by atoms with van der Waals surface area (Å²) in [6, 6.07) is 8.01. The molecule has 0 spiro atoms. The van der Waals surface area contributed by atoms with Gasteiger partial charge in [0.05, 0.1) is 12.0 Å². The first-order chi connectivity index (χ1) is 7.68. The van der Waals surface area contributed by atoms with Crippen LogP contribution in [-0.4, -0.2) is 19.0 Å². The van der Waals surface area contributed by atoms with E-state index in [2.05, 4.69) is 26.6 Å². The molecule has 1 aromatic carbocycles. The van der Waals surface area contributed by atoms with Crippen molar-refractivity contribution in [2.24, 2.45) is 5.92 Å². The fourth-order valence-electron chi connectivity index (χ4n) is 1.71. The molecule has 0 aliphatic carbocycles. The number of amides is 1. The Bertz CT molecular complexity index is 390. The third kappa shape index (κ3) is 2.44. The van der Waals surface area contributed by atoms with Gasteiger partial charge in [0, 0.05) is 17.6 Å². The molecule has 0 radical (unpaired) electrons. The Balaban J connectivity index is 1.99. The number of hydrogen-bond donors (Lipinski definition) is 2. The van der Waals surface area contributed by atoms with Crippen LogP contribution in [0, 0.1) is 5.92 Å². The lowest BCUT2D eigenvalue weighted by atomic mass is 10.0. The third-order valence-electron chi connectivity index (χ3n) is 2.88. The van der Waals surface area contributed by atoms with E-state index in [0.29, 0.717) is 0 Å². The highest BCUT2D eigenvalue weighted by Gasteiger charge is 2.26. The summed E-state index contributed by atoms with van der Waals surface area (Å²) >= 11 is 3.49. The molecule has 86 valence electrons. The molecular weight excluding hydrogens is 268 g/mol. The first kappa shape index (κ1) is 11.6. The molecule has 0 unspecified atom stereocenters. The lowest BCUT2D eigenvalue weighted by molar-refractivity contribution is -0.127. The number of carbonyl (C=O) groups excluding carboxylic acids is 1. The van der Waals surface area contributed by atoms with E-state index >= 15 is 0 Å². The van der Waals surface area contributed by atoms with Gasteiger partial charge >= 0.3 is 0 Å². The van der Waals surface area contributed by atoms with Crippen molar-refractivity contribution in [1.29, 1.82) is 0 Å². The van der Waals surface area contributed by atoms with E-state index < -0.39 is 0 Å². The zero-order valence-electron chi connectivity index (χ0n) is 9.16. The summed E-state index contributed by atoms with van der Waals surface area (Å²) in [6.45, 7) is 3.60. The topological polar surface area (TPSA) is 41.1 Å². The van der Waals surface area contributed by atoms with E-state index in [0.717, 1.165) is 23.1 Å². The maximum Gasteiger partial charge on any atom is 0.226 e. The first-order valence-corrected chi connectivity index (χ1v) is 6.23. The van der Waals surface area contributed by atoms with Gasteiger partial charge in [0.2, 0.25) is 5.91 Å². The average Bonchev–Trinajstić information content (AvgIpc) is 2.15. The van der Waals surface area contributed by atoms with Gasteiger partial charge in [-0.15, -0.1) is 0 Å². The summed E-state index contributed by atoms with van der Waals surface area (Å²) in [4.78, 5) is 11.8. The highest BCUT2D eigenvalue weighted by molar-refractivity contribution is 9.10. The SMILES string of the molecule is C[C@H](NC(=O)C1CNC1)c1ccccc1Br. The maximum absolute atomic E-state index is 11.8. The van der Waals surface area contributed by atoms with Crippen molar-refractivity contribution in [1.82, 2.24) is 10.6 Å². The van der Waals surface area contributed by atoms with Crippen molar-refractivity contribution in [3.05, 3.63) is 34.3 Å². The Morgan fingerprint density at radius 3 is 2.75 bits per heavy atom. The molecule has 2 N–H and O–H groups in total. The lowest BCUT2D eigenvalue weighted by Gasteiger charge is -2.27. The van der Waals surface area contributed by atoms with E-state index in [4.69, 9.17) is 0 Å². The van der Waals surface area contributed by atoms with Crippen molar-refractivity contribution in [3.63, 3.8) is 0 Å². The zero-order valence-corrected chi connectivity index (χ0v) is 10.8. The maximum atomic E-state index is 11.8. The van der Waals surface area contributed by atoms with Crippen molar-refractivity contribution in [3.8, 4) is 0 Å². The Morgan fingerprint density at radius 1 is 1.50 bits per heavy atom. The van der Waals surface area contributed by atoms with Crippen LogP contribution in [0.5, 0.6) is 0 Å². The number of nitrogens with one attached hydrogen (secondary N) is 2. The number of carbonyl (C=O) groups is 1. The lowest BCUT2D eigenvalue weighted by Crippen LogP contribution is -2.51. The summed E-state index contributed by atoms with van der Waals surface area (Å²) in [5.41, 5.74) is 1.11. The molecule has 3 nitrogen and oxygen atoms in total. The first-order valence-electron chi connectivity index (χ1n) is 5.44. The van der Waals surface area contributed by atoms with Crippen LogP contribution in [0.15, 0.2) is 28.7 Å². The smallest absolute Gasteiger partial charge is 0.226 e. The van der Waals surface area contributed by atoms with Crippen molar-refractivity contribution in [2.75, 3.05) is 13.1 Å². The fraction of sp³-hybridized carbons (Fsp3) is 0.417. The number of benzene rings is 1. The Labute approximate surface area is 104 Å². The fourth-order valence-corrected chi connectivity index (χ4v) is 2.34. The van der Waals surface area contributed by atoms with Crippen LogP contribution in [0.2, 0.25) is 0 Å². The van der Waals surface area contributed by atoms with Gasteiger partial charge in [-0.25, -0.2) is 0 Å². The summed E-state index contributed by atoms with van der Waals surface area (Å²) in [7, 11) is 0. The standard InChI is InChI=1S/C12H15BrN2O/c1-8(10-4-2-3-5-11(10)13)15-12(16)9-6-14-7-9/h2-5,8-9,14H,6-7H2,1H3,(H,15,16)/t8-/m0/s1. The van der Waals surface area contributed by atoms with Gasteiger partial charge in [0.1, 0.15) is 0 Å². The second-order valence-corrected chi connectivity index (χ2v) is 4.96. The molecule has 1 fully saturated rings. The van der Waals surface area contributed by atoms with E-state index in [9.17, 15) is 4.79 Å². The Kier molecular flexibility index (Phi) is 3.61. The molecule has 1 saturated heterocycles. The molecule has 1 heterocycles. The molecule has 1 aliphatic heterocycles. The molecule has 2 rings (SSSR count). The molecule has 1 aromatic rings. The predicted molar refractivity (Wildman–Crippen MR) is 67.1 cm³/mol. The molecule has 16 heavy (non-hydrogen) atoms. The van der Waals surface area contributed by atoms with Gasteiger partial charge < -0.3 is 10.6 Å². The van der Waals surface area contributed by atoms with Gasteiger partial charge in [-0.05, 0) is 18.6 Å². The van der Waals surface area contributed by atoms with Crippen LogP contribution in [0.1, 0.15) is 18.5 Å². The van der Waals surface area contributed by atoms with Crippen LogP contribution < -0.4 is 10.6 Å². The van der Waals surface area contributed by atoms with Crippen LogP contribution >= 0.6 is 15.9 Å². The number of rotatable bonds is 3. The number of hydrogen-bond acceptors (Lipinski definition) is 2. The highest BCUT2D eigenvalue weighted by Crippen LogP contribution is 2.23. The zero-order chi connectivity index (χ0) is 11.5. The van der Waals surface area contributed by atoms with Crippen LogP contribution in [-0.2, 0) is 4.79 Å². The Hall–Kier alpha value is -0.870. The summed E-state index contributed by atoms with van der Waals surface area (Å²) in [5.74, 6) is 0.284. The van der Waals surface area contributed by atoms with Crippen LogP contribution in [0.4, 0.5) is 0 Å². The van der Waals surface area contributed by atoms with Crippen LogP contribution in [0.3, 0.4) is 0 Å². The molecule has 1 amide bonds. The molecule has 1 atom stereocenters. The summed E-state index contributed by atoms with van der Waals surface area (Å²) in [5, 5.41) is 6.13. The Morgan fingerprint density at radius 2 is 2.19 bits per heavy atom. The van der Waals surface area contributed by atoms with Gasteiger partial charge in [-0.3, -0.25) is 4.79 Å². The quantitative estimate of drug-likeness (QED) is 0.889. The predicted octanol–water partition coefficient (Wildman–Crippen LogP) is 1.85. The van der Waals surface area contributed by atoms with Crippen molar-refractivity contribution >= 4 is 21.8 Å². The minimum Gasteiger partial charge on any atom is -0.349 e. The third-order valence-corrected chi connectivity index (χ3v) is 3.60. The van der Waals surface area contributed by atoms with Gasteiger partial charge in [-0.2, -0.15) is 0 Å². The molecule has 0 saturated carbocycles. The van der Waals surface area contributed by atoms with E-state index in [1.54, 1.807) is 0 Å². The minimum absolute atomic E-state index is 0.0451. The second-order valence-electron chi connectivity index (χ2n) is 4.11. The normalized spacial score (nSPS) is 17.6. The molecule has 4 heteroatoms. The molecule has 0 bridgehead atoms. The largest absolute Gasteiger partial charge is 0.349 e. The van der Waals surface area contributed by atoms with E-state index in [1.165, 1.54) is 0 Å². The second kappa shape index (κ2) is 4.97. The molecular formula is C12H15BrN2O. The summed E-state index contributed by atoms with van der Waals surface area (Å²) < 4.78 is 1.04. The number of halogens is 1. The van der Waals surface area contributed by atoms with Gasteiger partial charge in [0.25, 0.3) is 0 Å². The van der Waals surface area contributed by atoms with E-state index in [-0.39, 0.29) is 17.9 Å². The van der Waals surface area contributed by atoms with Crippen LogP contribution in [0.25, 0.3) is 0 Å². The highest BCUT2D eigenvalue weighted by atomic mass is 79.9. The van der Waals surface area contributed by atoms with E-state index in [1.807, 2.05) is 31.2 Å². The minimum atomic E-state index is 0.0451. The average molecular weight is 283 g/mol. The van der Waals surface area contributed by atoms with Crippen molar-refractivity contribution in [2.45, 2.75) is 13.0 Å². The summed E-state index contributed by atoms with van der Waals surface area (Å²) in [6.07, 6.45) is 0. The monoisotopic (exact) mass is 282 g/mol. The van der Waals surface area contributed by atoms with Gasteiger partial charge in [-0.1, -0.05) is 34.1 Å². The van der Waals surface area contributed by atoms with Crippen molar-refractivity contribution < 1.29 is 4.79 Å². The molecule has 0 aromatic heterocycles. The molecule has 1 aliphatic rings.